The SMILES string of the molecule is Cc1nn(-c2ccccc2)c(C)c1/C=N\NC(=O)c1cc2ccccc2cc1O. The maximum absolute atomic E-state index is 12.5. The van der Waals surface area contributed by atoms with Crippen LogP contribution in [0.25, 0.3) is 16.5 Å². The van der Waals surface area contributed by atoms with Crippen molar-refractivity contribution in [2.75, 3.05) is 0 Å². The molecule has 1 amide bonds. The number of aromatic hydroxyl groups is 1. The van der Waals surface area contributed by atoms with Crippen LogP contribution in [-0.4, -0.2) is 27.0 Å². The third kappa shape index (κ3) is 3.60. The predicted octanol–water partition coefficient (Wildman–Crippen LogP) is 4.11. The van der Waals surface area contributed by atoms with Gasteiger partial charge in [0, 0.05) is 5.56 Å². The Morgan fingerprint density at radius 2 is 1.69 bits per heavy atom. The molecule has 0 saturated heterocycles. The molecule has 0 aliphatic rings. The van der Waals surface area contributed by atoms with E-state index in [1.807, 2.05) is 73.1 Å². The molecule has 6 heteroatoms. The summed E-state index contributed by atoms with van der Waals surface area (Å²) >= 11 is 0. The minimum atomic E-state index is -0.477. The van der Waals surface area contributed by atoms with Gasteiger partial charge in [0.05, 0.1) is 28.9 Å². The number of amides is 1. The van der Waals surface area contributed by atoms with Gasteiger partial charge < -0.3 is 5.11 Å². The van der Waals surface area contributed by atoms with Crippen LogP contribution in [0.2, 0.25) is 0 Å². The zero-order chi connectivity index (χ0) is 20.4. The molecule has 144 valence electrons. The molecule has 4 aromatic rings. The summed E-state index contributed by atoms with van der Waals surface area (Å²) in [6, 6.07) is 20.6. The summed E-state index contributed by atoms with van der Waals surface area (Å²) in [4.78, 5) is 12.5. The second-order valence-electron chi connectivity index (χ2n) is 6.75. The van der Waals surface area contributed by atoms with Crippen LogP contribution in [0.4, 0.5) is 0 Å². The molecule has 1 heterocycles. The van der Waals surface area contributed by atoms with Gasteiger partial charge in [-0.1, -0.05) is 42.5 Å². The van der Waals surface area contributed by atoms with E-state index in [0.29, 0.717) is 0 Å². The predicted molar refractivity (Wildman–Crippen MR) is 114 cm³/mol. The minimum Gasteiger partial charge on any atom is -0.507 e. The molecule has 0 fully saturated rings. The fourth-order valence-electron chi connectivity index (χ4n) is 3.29. The van der Waals surface area contributed by atoms with Crippen molar-refractivity contribution in [1.29, 1.82) is 0 Å². The summed E-state index contributed by atoms with van der Waals surface area (Å²) in [5.74, 6) is -0.559. The van der Waals surface area contributed by atoms with Crippen molar-refractivity contribution in [2.24, 2.45) is 5.10 Å². The number of nitrogens with zero attached hydrogens (tertiary/aromatic N) is 3. The standard InChI is InChI=1S/C23H20N4O2/c1-15-21(16(2)27(26-15)19-10-4-3-5-11-19)14-24-25-23(29)20-12-17-8-6-7-9-18(17)13-22(20)28/h3-14,28H,1-2H3,(H,25,29)/b24-14-. The largest absolute Gasteiger partial charge is 0.507 e. The van der Waals surface area contributed by atoms with Crippen LogP contribution in [0.15, 0.2) is 71.8 Å². The van der Waals surface area contributed by atoms with E-state index in [0.717, 1.165) is 33.4 Å². The smallest absolute Gasteiger partial charge is 0.275 e. The van der Waals surface area contributed by atoms with Crippen molar-refractivity contribution in [3.05, 3.63) is 89.2 Å². The number of phenols is 1. The molecule has 2 N–H and O–H groups in total. The van der Waals surface area contributed by atoms with Gasteiger partial charge in [0.2, 0.25) is 0 Å². The van der Waals surface area contributed by atoms with E-state index in [4.69, 9.17) is 0 Å². The van der Waals surface area contributed by atoms with Crippen molar-refractivity contribution in [1.82, 2.24) is 15.2 Å². The highest BCUT2D eigenvalue weighted by Crippen LogP contribution is 2.25. The highest BCUT2D eigenvalue weighted by Gasteiger charge is 2.13. The lowest BCUT2D eigenvalue weighted by Crippen LogP contribution is -2.17. The number of hydrazone groups is 1. The van der Waals surface area contributed by atoms with Crippen LogP contribution in [0, 0.1) is 13.8 Å². The summed E-state index contributed by atoms with van der Waals surface area (Å²) < 4.78 is 1.84. The van der Waals surface area contributed by atoms with E-state index in [9.17, 15) is 9.90 Å². The summed E-state index contributed by atoms with van der Waals surface area (Å²) in [5.41, 5.74) is 6.17. The number of carbonyl (C=O) groups is 1. The first-order valence-electron chi connectivity index (χ1n) is 9.21. The van der Waals surface area contributed by atoms with Gasteiger partial charge in [0.15, 0.2) is 0 Å². The van der Waals surface area contributed by atoms with Gasteiger partial charge in [-0.3, -0.25) is 4.79 Å². The zero-order valence-corrected chi connectivity index (χ0v) is 16.1. The molecule has 0 aliphatic heterocycles. The lowest BCUT2D eigenvalue weighted by Gasteiger charge is -2.06. The van der Waals surface area contributed by atoms with Crippen molar-refractivity contribution in [3.63, 3.8) is 0 Å². The molecule has 0 aliphatic carbocycles. The quantitative estimate of drug-likeness (QED) is 0.410. The van der Waals surface area contributed by atoms with Gasteiger partial charge in [0.1, 0.15) is 5.75 Å². The summed E-state index contributed by atoms with van der Waals surface area (Å²) in [6.07, 6.45) is 1.58. The molecule has 0 spiro atoms. The van der Waals surface area contributed by atoms with Crippen molar-refractivity contribution in [2.45, 2.75) is 13.8 Å². The first kappa shape index (κ1) is 18.4. The lowest BCUT2D eigenvalue weighted by atomic mass is 10.1. The number of carbonyl (C=O) groups excluding carboxylic acids is 1. The van der Waals surface area contributed by atoms with Crippen LogP contribution in [0.1, 0.15) is 27.3 Å². The maximum atomic E-state index is 12.5. The molecule has 0 unspecified atom stereocenters. The topological polar surface area (TPSA) is 79.5 Å². The van der Waals surface area contributed by atoms with Gasteiger partial charge in [-0.2, -0.15) is 10.2 Å². The number of rotatable bonds is 4. The molecule has 0 bridgehead atoms. The highest BCUT2D eigenvalue weighted by atomic mass is 16.3. The number of para-hydroxylation sites is 1. The van der Waals surface area contributed by atoms with Gasteiger partial charge in [-0.15, -0.1) is 0 Å². The summed E-state index contributed by atoms with van der Waals surface area (Å²) in [5, 5.41) is 20.6. The van der Waals surface area contributed by atoms with Gasteiger partial charge in [-0.25, -0.2) is 10.1 Å². The Labute approximate surface area is 168 Å². The number of aromatic nitrogens is 2. The Morgan fingerprint density at radius 3 is 2.41 bits per heavy atom. The Kier molecular flexibility index (Phi) is 4.83. The van der Waals surface area contributed by atoms with E-state index >= 15 is 0 Å². The summed E-state index contributed by atoms with van der Waals surface area (Å²) in [7, 11) is 0. The number of nitrogens with one attached hydrogen (secondary N) is 1. The van der Waals surface area contributed by atoms with Crippen molar-refractivity contribution >= 4 is 22.9 Å². The number of hydrogen-bond acceptors (Lipinski definition) is 4. The van der Waals surface area contributed by atoms with Gasteiger partial charge >= 0.3 is 0 Å². The number of phenolic OH excluding ortho intramolecular Hbond substituents is 1. The Bertz CT molecular complexity index is 1230. The van der Waals surface area contributed by atoms with Crippen molar-refractivity contribution in [3.8, 4) is 11.4 Å². The number of fused-ring (bicyclic) bond motifs is 1. The van der Waals surface area contributed by atoms with E-state index < -0.39 is 5.91 Å². The van der Waals surface area contributed by atoms with E-state index in [1.165, 1.54) is 0 Å². The Hall–Kier alpha value is -3.93. The molecule has 1 aromatic heterocycles. The van der Waals surface area contributed by atoms with E-state index in [-0.39, 0.29) is 11.3 Å². The molecule has 3 aromatic carbocycles. The van der Waals surface area contributed by atoms with E-state index in [1.54, 1.807) is 18.3 Å². The lowest BCUT2D eigenvalue weighted by molar-refractivity contribution is 0.0952. The number of aryl methyl sites for hydroxylation is 1. The maximum Gasteiger partial charge on any atom is 0.275 e. The molecule has 0 atom stereocenters. The highest BCUT2D eigenvalue weighted by molar-refractivity contribution is 6.01. The average molecular weight is 384 g/mol. The third-order valence-corrected chi connectivity index (χ3v) is 4.82. The molecule has 29 heavy (non-hydrogen) atoms. The van der Waals surface area contributed by atoms with Crippen molar-refractivity contribution < 1.29 is 9.90 Å². The van der Waals surface area contributed by atoms with Crippen LogP contribution in [0.5, 0.6) is 5.75 Å². The Balaban J connectivity index is 1.56. The monoisotopic (exact) mass is 384 g/mol. The minimum absolute atomic E-state index is 0.0827. The van der Waals surface area contributed by atoms with Crippen LogP contribution >= 0.6 is 0 Å². The first-order valence-corrected chi connectivity index (χ1v) is 9.21. The molecule has 6 nitrogen and oxygen atoms in total. The molecule has 4 rings (SSSR count). The Morgan fingerprint density at radius 1 is 1.03 bits per heavy atom. The fourth-order valence-corrected chi connectivity index (χ4v) is 3.29. The summed E-state index contributed by atoms with van der Waals surface area (Å²) in [6.45, 7) is 3.84. The second kappa shape index (κ2) is 7.59. The second-order valence-corrected chi connectivity index (χ2v) is 6.75. The van der Waals surface area contributed by atoms with E-state index in [2.05, 4.69) is 15.6 Å². The number of benzene rings is 3. The first-order chi connectivity index (χ1) is 14.0. The van der Waals surface area contributed by atoms with Crippen LogP contribution in [0.3, 0.4) is 0 Å². The fraction of sp³-hybridized carbons (Fsp3) is 0.0870. The molecular formula is C23H20N4O2. The average Bonchev–Trinajstić information content (AvgIpc) is 3.02. The van der Waals surface area contributed by atoms with Crippen LogP contribution < -0.4 is 5.43 Å². The molecular weight excluding hydrogens is 364 g/mol. The number of hydrogen-bond donors (Lipinski definition) is 2. The third-order valence-electron chi connectivity index (χ3n) is 4.82. The van der Waals surface area contributed by atoms with Gasteiger partial charge in [0.25, 0.3) is 5.91 Å². The molecule has 0 saturated carbocycles. The van der Waals surface area contributed by atoms with Gasteiger partial charge in [-0.05, 0) is 48.9 Å². The van der Waals surface area contributed by atoms with Crippen LogP contribution in [-0.2, 0) is 0 Å². The molecule has 0 radical (unpaired) electrons. The normalized spacial score (nSPS) is 11.2. The zero-order valence-electron chi connectivity index (χ0n) is 16.1.